The van der Waals surface area contributed by atoms with Crippen LogP contribution in [-0.2, 0) is 31.9 Å². The molecule has 0 radical (unpaired) electrons. The number of carboxylic acids is 2. The number of amides is 4. The van der Waals surface area contributed by atoms with Gasteiger partial charge in [0.2, 0.25) is 0 Å². The van der Waals surface area contributed by atoms with E-state index in [2.05, 4.69) is 0 Å². The number of nitrogens with zero attached hydrogens (tertiary/aromatic N) is 4. The summed E-state index contributed by atoms with van der Waals surface area (Å²) < 4.78 is 11.0. The van der Waals surface area contributed by atoms with Crippen LogP contribution in [0.1, 0.15) is 65.5 Å². The predicted octanol–water partition coefficient (Wildman–Crippen LogP) is 6.13. The number of hydrogen-bond acceptors (Lipinski definition) is 7. The highest BCUT2D eigenvalue weighted by Crippen LogP contribution is 2.33. The van der Waals surface area contributed by atoms with E-state index in [1.165, 1.54) is 0 Å². The number of hydrogen-bond donors (Lipinski definition) is 2. The summed E-state index contributed by atoms with van der Waals surface area (Å²) in [6.07, 6.45) is 0.757. The minimum atomic E-state index is -0.928. The van der Waals surface area contributed by atoms with Gasteiger partial charge in [-0.3, -0.25) is 19.4 Å². The summed E-state index contributed by atoms with van der Waals surface area (Å²) in [5.74, 6) is -3.75. The van der Waals surface area contributed by atoms with Crippen molar-refractivity contribution in [1.82, 2.24) is 9.80 Å². The molecule has 3 aliphatic heterocycles. The Kier molecular flexibility index (Phi) is 11.4. The monoisotopic (exact) mass is 720 g/mol. The van der Waals surface area contributed by atoms with Crippen LogP contribution >= 0.6 is 0 Å². The third-order valence-corrected chi connectivity index (χ3v) is 9.89. The number of aliphatic carboxylic acids is 2. The molecule has 3 fully saturated rings. The molecule has 4 atom stereocenters. The van der Waals surface area contributed by atoms with Crippen LogP contribution in [0, 0.1) is 23.7 Å². The molecule has 52 heavy (non-hydrogen) atoms. The minimum Gasteiger partial charge on any atom is -0.481 e. The van der Waals surface area contributed by atoms with Gasteiger partial charge in [-0.05, 0) is 114 Å². The Bertz CT molecular complexity index is 1550. The third kappa shape index (κ3) is 9.54. The average Bonchev–Trinajstić information content (AvgIpc) is 3.81. The van der Waals surface area contributed by atoms with Gasteiger partial charge in [-0.25, -0.2) is 14.4 Å². The fraction of sp³-hybridized carbons (Fsp3) is 0.564. The first kappa shape index (κ1) is 38.4. The number of rotatable bonds is 10. The van der Waals surface area contributed by atoms with E-state index >= 15 is 0 Å². The van der Waals surface area contributed by atoms with Gasteiger partial charge in [0.05, 0.1) is 11.8 Å². The molecule has 13 heteroatoms. The van der Waals surface area contributed by atoms with Crippen molar-refractivity contribution in [2.75, 3.05) is 49.1 Å². The molecule has 3 aliphatic rings. The van der Waals surface area contributed by atoms with Gasteiger partial charge in [0.1, 0.15) is 11.2 Å². The van der Waals surface area contributed by atoms with Gasteiger partial charge in [-0.1, -0.05) is 24.3 Å². The molecule has 5 rings (SSSR count). The van der Waals surface area contributed by atoms with Crippen molar-refractivity contribution >= 4 is 41.5 Å². The lowest BCUT2D eigenvalue weighted by molar-refractivity contribution is -0.144. The molecule has 0 aromatic heterocycles. The van der Waals surface area contributed by atoms with Crippen molar-refractivity contribution in [3.63, 3.8) is 0 Å². The average molecular weight is 721 g/mol. The molecule has 0 bridgehead atoms. The van der Waals surface area contributed by atoms with Gasteiger partial charge in [0, 0.05) is 50.6 Å². The topological polar surface area (TPSA) is 157 Å². The van der Waals surface area contributed by atoms with Crippen LogP contribution in [0.4, 0.5) is 25.8 Å². The summed E-state index contributed by atoms with van der Waals surface area (Å²) in [5, 5.41) is 20.3. The van der Waals surface area contributed by atoms with Crippen molar-refractivity contribution in [2.45, 2.75) is 78.4 Å². The van der Waals surface area contributed by atoms with Crippen molar-refractivity contribution < 1.29 is 43.7 Å². The zero-order valence-electron chi connectivity index (χ0n) is 31.0. The number of carbonyl (C=O) groups excluding carboxylic acids is 3. The quantitative estimate of drug-likeness (QED) is 0.295. The Morgan fingerprint density at radius 2 is 1.06 bits per heavy atom. The SMILES string of the molecule is CC(C)(C)OC(=O)N1CC[C@H]([C@H](Cc2cccc(N3CCN(c4cccc(C[C@H](C(=O)O)[C@H]5CCN(C(=O)OC(C)(C)C)C5)c4)C3=O)c2)C(=O)O)C1. The lowest BCUT2D eigenvalue weighted by Crippen LogP contribution is -2.36. The molecule has 0 saturated carbocycles. The molecule has 3 heterocycles. The zero-order chi connectivity index (χ0) is 38.0. The van der Waals surface area contributed by atoms with Gasteiger partial charge in [0.15, 0.2) is 0 Å². The normalized spacial score (nSPS) is 20.6. The van der Waals surface area contributed by atoms with Crippen LogP contribution in [0.25, 0.3) is 0 Å². The van der Waals surface area contributed by atoms with Crippen LogP contribution in [-0.4, -0.2) is 101 Å². The number of carbonyl (C=O) groups is 5. The Morgan fingerprint density at radius 1 is 0.673 bits per heavy atom. The number of urea groups is 1. The Labute approximate surface area is 305 Å². The third-order valence-electron chi connectivity index (χ3n) is 9.89. The van der Waals surface area contributed by atoms with Gasteiger partial charge in [-0.15, -0.1) is 0 Å². The second kappa shape index (κ2) is 15.4. The van der Waals surface area contributed by atoms with Crippen LogP contribution in [0.5, 0.6) is 0 Å². The second-order valence-electron chi connectivity index (χ2n) is 16.2. The van der Waals surface area contributed by atoms with E-state index in [-0.39, 0.29) is 30.7 Å². The molecule has 2 aromatic rings. The van der Waals surface area contributed by atoms with Gasteiger partial charge in [0.25, 0.3) is 0 Å². The maximum Gasteiger partial charge on any atom is 0.410 e. The van der Waals surface area contributed by atoms with Crippen molar-refractivity contribution in [3.8, 4) is 0 Å². The van der Waals surface area contributed by atoms with Gasteiger partial charge >= 0.3 is 30.2 Å². The van der Waals surface area contributed by atoms with E-state index in [1.807, 2.05) is 48.5 Å². The van der Waals surface area contributed by atoms with E-state index in [0.717, 1.165) is 11.1 Å². The largest absolute Gasteiger partial charge is 0.481 e. The van der Waals surface area contributed by atoms with E-state index in [0.29, 0.717) is 63.5 Å². The number of anilines is 2. The molecule has 4 amide bonds. The smallest absolute Gasteiger partial charge is 0.410 e. The Morgan fingerprint density at radius 3 is 1.40 bits per heavy atom. The summed E-state index contributed by atoms with van der Waals surface area (Å²) in [6, 6.07) is 14.5. The highest BCUT2D eigenvalue weighted by Gasteiger charge is 2.39. The molecular formula is C39H52N4O9. The molecule has 0 aliphatic carbocycles. The van der Waals surface area contributed by atoms with E-state index in [1.54, 1.807) is 61.1 Å². The highest BCUT2D eigenvalue weighted by molar-refractivity contribution is 6.06. The summed E-state index contributed by atoms with van der Waals surface area (Å²) >= 11 is 0. The van der Waals surface area contributed by atoms with E-state index in [4.69, 9.17) is 9.47 Å². The van der Waals surface area contributed by atoms with E-state index < -0.39 is 47.2 Å². The molecule has 13 nitrogen and oxygen atoms in total. The predicted molar refractivity (Wildman–Crippen MR) is 194 cm³/mol. The highest BCUT2D eigenvalue weighted by atomic mass is 16.6. The van der Waals surface area contributed by atoms with Gasteiger partial charge in [-0.2, -0.15) is 0 Å². The summed E-state index contributed by atoms with van der Waals surface area (Å²) in [5.41, 5.74) is 1.61. The lowest BCUT2D eigenvalue weighted by Gasteiger charge is -2.25. The van der Waals surface area contributed by atoms with Crippen molar-refractivity contribution in [1.29, 1.82) is 0 Å². The maximum absolute atomic E-state index is 13.8. The van der Waals surface area contributed by atoms with Crippen molar-refractivity contribution in [3.05, 3.63) is 59.7 Å². The second-order valence-corrected chi connectivity index (χ2v) is 16.2. The standard InChI is InChI=1S/C39H52N4O9/c1-38(2,3)51-36(49)40-15-13-27(23-40)31(33(44)45)21-25-9-7-11-29(19-25)42-17-18-43(35(42)48)30-12-8-10-26(20-30)22-32(34(46)47)28-14-16-41(24-28)37(50)52-39(4,5)6/h7-12,19-20,27-28,31-32H,13-18,21-24H2,1-6H3,(H,44,45)(H,46,47)/t27-,28-,31-,32-/m0/s1. The first-order valence-electron chi connectivity index (χ1n) is 18.1. The van der Waals surface area contributed by atoms with Crippen LogP contribution in [0.2, 0.25) is 0 Å². The summed E-state index contributed by atoms with van der Waals surface area (Å²) in [7, 11) is 0. The fourth-order valence-electron chi connectivity index (χ4n) is 7.35. The van der Waals surface area contributed by atoms with Crippen LogP contribution < -0.4 is 9.80 Å². The van der Waals surface area contributed by atoms with E-state index in [9.17, 15) is 34.2 Å². The zero-order valence-corrected chi connectivity index (χ0v) is 31.0. The van der Waals surface area contributed by atoms with Gasteiger partial charge < -0.3 is 29.5 Å². The number of likely N-dealkylation sites (tertiary alicyclic amines) is 2. The number of carboxylic acid groups (broad SMARTS) is 2. The first-order valence-corrected chi connectivity index (χ1v) is 18.1. The molecule has 0 unspecified atom stereocenters. The number of ether oxygens (including phenoxy) is 2. The molecule has 2 aromatic carbocycles. The Balaban J connectivity index is 1.22. The van der Waals surface area contributed by atoms with Crippen LogP contribution in [0.3, 0.4) is 0 Å². The Hall–Kier alpha value is -4.81. The maximum atomic E-state index is 13.8. The molecule has 3 saturated heterocycles. The minimum absolute atomic E-state index is 0.230. The molecule has 282 valence electrons. The molecular weight excluding hydrogens is 668 g/mol. The summed E-state index contributed by atoms with van der Waals surface area (Å²) in [4.78, 5) is 70.3. The first-order chi connectivity index (χ1) is 24.4. The molecule has 2 N–H and O–H groups in total. The summed E-state index contributed by atoms with van der Waals surface area (Å²) in [6.45, 7) is 13.1. The fourth-order valence-corrected chi connectivity index (χ4v) is 7.35. The van der Waals surface area contributed by atoms with Crippen LogP contribution in [0.15, 0.2) is 48.5 Å². The van der Waals surface area contributed by atoms with Crippen molar-refractivity contribution in [2.24, 2.45) is 23.7 Å². The molecule has 0 spiro atoms. The lowest BCUT2D eigenvalue weighted by atomic mass is 9.86. The number of benzene rings is 2.